The van der Waals surface area contributed by atoms with Crippen molar-refractivity contribution in [2.24, 2.45) is 0 Å². The molecule has 0 aromatic rings. The Kier molecular flexibility index (Phi) is 2.62. The van der Waals surface area contributed by atoms with Crippen molar-refractivity contribution in [3.05, 3.63) is 0 Å². The first-order valence-electron chi connectivity index (χ1n) is 1.47. The van der Waals surface area contributed by atoms with E-state index in [1.54, 1.807) is 7.11 Å². The minimum Gasteiger partial charge on any atom is -0.368 e. The number of hydrogen-bond donors (Lipinski definition) is 0. The summed E-state index contributed by atoms with van der Waals surface area (Å²) in [5.74, 6) is 0. The summed E-state index contributed by atoms with van der Waals surface area (Å²) in [5, 5.41) is 0. The van der Waals surface area contributed by atoms with Crippen LogP contribution in [0.1, 0.15) is 0 Å². The molecule has 0 fully saturated rings. The van der Waals surface area contributed by atoms with E-state index in [9.17, 15) is 0 Å². The summed E-state index contributed by atoms with van der Waals surface area (Å²) in [6.45, 7) is 1.99. The molecule has 0 rings (SSSR count). The van der Waals surface area contributed by atoms with Crippen LogP contribution in [0.5, 0.6) is 0 Å². The molecule has 0 bridgehead atoms. The SMILES string of the molecule is C=[PH](C)OC. The molecule has 2 heteroatoms. The molecule has 0 aliphatic carbocycles. The summed E-state index contributed by atoms with van der Waals surface area (Å²) >= 11 is 0. The third-order valence-corrected chi connectivity index (χ3v) is 1.05. The van der Waals surface area contributed by atoms with Crippen LogP contribution in [0.3, 0.4) is 0 Å². The van der Waals surface area contributed by atoms with Gasteiger partial charge in [-0.2, -0.15) is 0 Å². The summed E-state index contributed by atoms with van der Waals surface area (Å²) in [6.07, 6.45) is 3.64. The quantitative estimate of drug-likeness (QED) is 0.435. The zero-order valence-corrected chi connectivity index (χ0v) is 4.62. The minimum absolute atomic E-state index is 0.624. The molecule has 0 amide bonds. The maximum Gasteiger partial charge on any atom is 0.0393 e. The Morgan fingerprint density at radius 1 is 1.80 bits per heavy atom. The van der Waals surface area contributed by atoms with E-state index in [2.05, 4.69) is 6.30 Å². The van der Waals surface area contributed by atoms with Crippen LogP contribution in [0.2, 0.25) is 0 Å². The molecule has 5 heavy (non-hydrogen) atoms. The van der Waals surface area contributed by atoms with E-state index in [1.165, 1.54) is 0 Å². The lowest BCUT2D eigenvalue weighted by atomic mass is 11.8. The maximum absolute atomic E-state index is 4.74. The van der Waals surface area contributed by atoms with Crippen LogP contribution < -0.4 is 0 Å². The van der Waals surface area contributed by atoms with Gasteiger partial charge in [0.2, 0.25) is 0 Å². The van der Waals surface area contributed by atoms with E-state index in [-0.39, 0.29) is 0 Å². The fourth-order valence-electron chi connectivity index (χ4n) is 0. The van der Waals surface area contributed by atoms with Crippen molar-refractivity contribution in [3.63, 3.8) is 0 Å². The van der Waals surface area contributed by atoms with Crippen molar-refractivity contribution in [2.45, 2.75) is 0 Å². The first kappa shape index (κ1) is 5.26. The fourth-order valence-corrected chi connectivity index (χ4v) is 0. The highest BCUT2D eigenvalue weighted by Crippen LogP contribution is 2.09. The van der Waals surface area contributed by atoms with Gasteiger partial charge in [0.15, 0.2) is 0 Å². The molecular weight excluding hydrogens is 83.0 g/mol. The van der Waals surface area contributed by atoms with Gasteiger partial charge in [-0.05, 0) is 14.4 Å². The Hall–Kier alpha value is 0.260. The minimum atomic E-state index is -0.624. The Labute approximate surface area is 33.4 Å². The molecule has 0 radical (unpaired) electrons. The van der Waals surface area contributed by atoms with E-state index in [1.807, 2.05) is 6.66 Å². The van der Waals surface area contributed by atoms with Crippen LogP contribution in [0.4, 0.5) is 0 Å². The van der Waals surface area contributed by atoms with Crippen LogP contribution in [0.25, 0.3) is 0 Å². The third kappa shape index (κ3) is 4.26. The molecule has 1 atom stereocenters. The Morgan fingerprint density at radius 3 is 2.00 bits per heavy atom. The van der Waals surface area contributed by atoms with Crippen LogP contribution in [0.15, 0.2) is 0 Å². The van der Waals surface area contributed by atoms with Crippen LogP contribution in [-0.2, 0) is 4.52 Å². The predicted octanol–water partition coefficient (Wildman–Crippen LogP) is 0.824. The van der Waals surface area contributed by atoms with Gasteiger partial charge < -0.3 is 4.52 Å². The molecule has 1 unspecified atom stereocenters. The van der Waals surface area contributed by atoms with Gasteiger partial charge >= 0.3 is 0 Å². The van der Waals surface area contributed by atoms with Crippen molar-refractivity contribution < 1.29 is 4.52 Å². The number of rotatable bonds is 1. The molecule has 0 spiro atoms. The lowest BCUT2D eigenvalue weighted by molar-refractivity contribution is 0.476. The van der Waals surface area contributed by atoms with Gasteiger partial charge in [0.25, 0.3) is 0 Å². The summed E-state index contributed by atoms with van der Waals surface area (Å²) in [7, 11) is 1.06. The van der Waals surface area contributed by atoms with Gasteiger partial charge in [-0.1, -0.05) is 6.30 Å². The van der Waals surface area contributed by atoms with E-state index >= 15 is 0 Å². The maximum atomic E-state index is 4.74. The highest BCUT2D eigenvalue weighted by Gasteiger charge is 1.62. The lowest BCUT2D eigenvalue weighted by Crippen LogP contribution is -1.57. The molecule has 32 valence electrons. The van der Waals surface area contributed by atoms with Crippen molar-refractivity contribution >= 4 is 14.1 Å². The molecule has 0 heterocycles. The highest BCUT2D eigenvalue weighted by atomic mass is 31.1. The second-order valence-electron chi connectivity index (χ2n) is 0.906. The van der Waals surface area contributed by atoms with E-state index in [4.69, 9.17) is 4.52 Å². The molecular formula is C3H9OP. The smallest absolute Gasteiger partial charge is 0.0393 e. The Bertz CT molecular complexity index is 42.2. The summed E-state index contributed by atoms with van der Waals surface area (Å²) in [4.78, 5) is 0. The zero-order chi connectivity index (χ0) is 4.28. The molecule has 0 aromatic carbocycles. The molecule has 1 nitrogen and oxygen atoms in total. The molecule has 0 aliphatic rings. The van der Waals surface area contributed by atoms with Gasteiger partial charge in [0.1, 0.15) is 0 Å². The van der Waals surface area contributed by atoms with Crippen LogP contribution in [-0.4, -0.2) is 20.1 Å². The number of hydrogen-bond acceptors (Lipinski definition) is 1. The zero-order valence-electron chi connectivity index (χ0n) is 3.62. The normalized spacial score (nSPS) is 14.8. The van der Waals surface area contributed by atoms with Gasteiger partial charge in [0.05, 0.1) is 0 Å². The lowest BCUT2D eigenvalue weighted by Gasteiger charge is -1.86. The third-order valence-electron chi connectivity index (χ3n) is 0.348. The first-order chi connectivity index (χ1) is 2.27. The highest BCUT2D eigenvalue weighted by molar-refractivity contribution is 7.49. The van der Waals surface area contributed by atoms with Crippen molar-refractivity contribution in [1.29, 1.82) is 0 Å². The molecule has 0 aliphatic heterocycles. The standard InChI is InChI=1S/C3H9OP/c1-4-5(2)3/h5H,2H2,1,3H3. The van der Waals surface area contributed by atoms with E-state index in [0.29, 0.717) is 0 Å². The van der Waals surface area contributed by atoms with Gasteiger partial charge in [-0.3, -0.25) is 0 Å². The predicted molar refractivity (Wildman–Crippen MR) is 28.4 cm³/mol. The Balaban J connectivity index is 2.85. The van der Waals surface area contributed by atoms with E-state index in [0.717, 1.165) is 0 Å². The van der Waals surface area contributed by atoms with E-state index < -0.39 is 7.77 Å². The van der Waals surface area contributed by atoms with Gasteiger partial charge in [0, 0.05) is 7.11 Å². The molecule has 0 saturated carbocycles. The van der Waals surface area contributed by atoms with Crippen molar-refractivity contribution in [2.75, 3.05) is 13.8 Å². The van der Waals surface area contributed by atoms with Crippen LogP contribution >= 0.6 is 7.77 Å². The topological polar surface area (TPSA) is 9.23 Å². The van der Waals surface area contributed by atoms with Crippen molar-refractivity contribution in [3.8, 4) is 0 Å². The Morgan fingerprint density at radius 2 is 2.00 bits per heavy atom. The summed E-state index contributed by atoms with van der Waals surface area (Å²) in [6, 6.07) is 0. The average molecular weight is 92.1 g/mol. The molecule has 0 N–H and O–H groups in total. The van der Waals surface area contributed by atoms with Crippen molar-refractivity contribution in [1.82, 2.24) is 0 Å². The monoisotopic (exact) mass is 92.0 g/mol. The largest absolute Gasteiger partial charge is 0.368 e. The van der Waals surface area contributed by atoms with Crippen LogP contribution in [0, 0.1) is 0 Å². The molecule has 0 aromatic heterocycles. The summed E-state index contributed by atoms with van der Waals surface area (Å²) in [5.41, 5.74) is 0. The summed E-state index contributed by atoms with van der Waals surface area (Å²) < 4.78 is 4.74. The molecule has 0 saturated heterocycles. The van der Waals surface area contributed by atoms with Gasteiger partial charge in [-0.25, -0.2) is 0 Å². The average Bonchev–Trinajstić information content (AvgIpc) is 1.38. The van der Waals surface area contributed by atoms with Gasteiger partial charge in [-0.15, -0.1) is 0 Å². The second kappa shape index (κ2) is 2.49. The first-order valence-corrected chi connectivity index (χ1v) is 3.58. The second-order valence-corrected chi connectivity index (χ2v) is 2.72. The fraction of sp³-hybridized carbons (Fsp3) is 0.667.